The van der Waals surface area contributed by atoms with Gasteiger partial charge in [0.1, 0.15) is 5.56 Å². The Labute approximate surface area is 107 Å². The van der Waals surface area contributed by atoms with Crippen molar-refractivity contribution in [3.63, 3.8) is 0 Å². The Morgan fingerprint density at radius 3 is 2.72 bits per heavy atom. The molecule has 1 heterocycles. The van der Waals surface area contributed by atoms with Gasteiger partial charge in [-0.1, -0.05) is 12.8 Å². The summed E-state index contributed by atoms with van der Waals surface area (Å²) < 4.78 is 7.25. The molecule has 98 valence electrons. The average molecular weight is 248 g/mol. The molecule has 4 nitrogen and oxygen atoms in total. The maximum absolute atomic E-state index is 12.0. The van der Waals surface area contributed by atoms with E-state index >= 15 is 0 Å². The number of rotatable bonds is 4. The molecule has 0 saturated heterocycles. The van der Waals surface area contributed by atoms with Crippen LogP contribution in [-0.4, -0.2) is 22.4 Å². The third kappa shape index (κ3) is 2.04. The van der Waals surface area contributed by atoms with Crippen molar-refractivity contribution in [2.45, 2.75) is 57.4 Å². The minimum absolute atomic E-state index is 0.205. The molecule has 0 aromatic carbocycles. The molecule has 1 aromatic heterocycles. The zero-order valence-electron chi connectivity index (χ0n) is 10.9. The van der Waals surface area contributed by atoms with Crippen molar-refractivity contribution in [3.05, 3.63) is 17.5 Å². The summed E-state index contributed by atoms with van der Waals surface area (Å²) in [5.41, 5.74) is 1.84. The topological polar surface area (TPSA) is 44.1 Å². The zero-order valence-corrected chi connectivity index (χ0v) is 10.9. The Kier molecular flexibility index (Phi) is 3.10. The molecule has 18 heavy (non-hydrogen) atoms. The molecule has 0 radical (unpaired) electrons. The summed E-state index contributed by atoms with van der Waals surface area (Å²) in [4.78, 5) is 12.0. The first-order chi connectivity index (χ1) is 8.81. The molecule has 0 atom stereocenters. The molecular formula is C14H20N2O2. The SMILES string of the molecule is CCOC(=O)c1cnn(C2CCCC2)c1C1CC1. The number of aromatic nitrogens is 2. The fraction of sp³-hybridized carbons (Fsp3) is 0.714. The van der Waals surface area contributed by atoms with Gasteiger partial charge in [-0.05, 0) is 32.6 Å². The number of esters is 1. The first-order valence-corrected chi connectivity index (χ1v) is 7.05. The Balaban J connectivity index is 1.92. The third-order valence-corrected chi connectivity index (χ3v) is 3.96. The molecule has 0 amide bonds. The van der Waals surface area contributed by atoms with E-state index in [2.05, 4.69) is 9.78 Å². The molecule has 3 rings (SSSR count). The summed E-state index contributed by atoms with van der Waals surface area (Å²) in [5.74, 6) is 0.330. The standard InChI is InChI=1S/C14H20N2O2/c1-2-18-14(17)12-9-15-16(11-5-3-4-6-11)13(12)10-7-8-10/h9-11H,2-8H2,1H3. The lowest BCUT2D eigenvalue weighted by Crippen LogP contribution is -2.13. The van der Waals surface area contributed by atoms with Gasteiger partial charge in [0.25, 0.3) is 0 Å². The average Bonchev–Trinajstić information content (AvgIpc) is 2.92. The Hall–Kier alpha value is -1.32. The van der Waals surface area contributed by atoms with Crippen LogP contribution in [0, 0.1) is 0 Å². The van der Waals surface area contributed by atoms with Gasteiger partial charge in [0.2, 0.25) is 0 Å². The van der Waals surface area contributed by atoms with Crippen LogP contribution in [0.4, 0.5) is 0 Å². The molecule has 1 aromatic rings. The van der Waals surface area contributed by atoms with E-state index in [9.17, 15) is 4.79 Å². The molecule has 0 spiro atoms. The van der Waals surface area contributed by atoms with Crippen LogP contribution in [0.1, 0.15) is 73.5 Å². The highest BCUT2D eigenvalue weighted by molar-refractivity contribution is 5.90. The Morgan fingerprint density at radius 1 is 1.39 bits per heavy atom. The Bertz CT molecular complexity index is 443. The van der Waals surface area contributed by atoms with Gasteiger partial charge in [-0.3, -0.25) is 4.68 Å². The van der Waals surface area contributed by atoms with Crippen LogP contribution in [0.25, 0.3) is 0 Å². The van der Waals surface area contributed by atoms with Crippen LogP contribution in [0.15, 0.2) is 6.20 Å². The number of hydrogen-bond donors (Lipinski definition) is 0. The van der Waals surface area contributed by atoms with Crippen molar-refractivity contribution in [2.24, 2.45) is 0 Å². The number of hydrogen-bond acceptors (Lipinski definition) is 3. The van der Waals surface area contributed by atoms with E-state index in [1.807, 2.05) is 6.92 Å². The quantitative estimate of drug-likeness (QED) is 0.769. The van der Waals surface area contributed by atoms with Gasteiger partial charge >= 0.3 is 5.97 Å². The number of nitrogens with zero attached hydrogens (tertiary/aromatic N) is 2. The summed E-state index contributed by atoms with van der Waals surface area (Å²) in [5, 5.41) is 4.48. The van der Waals surface area contributed by atoms with Crippen LogP contribution in [0.3, 0.4) is 0 Å². The molecule has 0 bridgehead atoms. The van der Waals surface area contributed by atoms with Crippen LogP contribution in [0.2, 0.25) is 0 Å². The van der Waals surface area contributed by atoms with Gasteiger partial charge in [0.05, 0.1) is 24.5 Å². The van der Waals surface area contributed by atoms with Crippen molar-refractivity contribution < 1.29 is 9.53 Å². The van der Waals surface area contributed by atoms with Crippen LogP contribution in [0.5, 0.6) is 0 Å². The second-order valence-corrected chi connectivity index (χ2v) is 5.32. The van der Waals surface area contributed by atoms with Gasteiger partial charge in [-0.25, -0.2) is 4.79 Å². The van der Waals surface area contributed by atoms with E-state index in [-0.39, 0.29) is 5.97 Å². The van der Waals surface area contributed by atoms with Gasteiger partial charge in [-0.15, -0.1) is 0 Å². The minimum Gasteiger partial charge on any atom is -0.462 e. The summed E-state index contributed by atoms with van der Waals surface area (Å²) in [7, 11) is 0. The molecule has 0 aliphatic heterocycles. The summed E-state index contributed by atoms with van der Waals surface area (Å²) in [6.07, 6.45) is 9.04. The Morgan fingerprint density at radius 2 is 2.11 bits per heavy atom. The van der Waals surface area contributed by atoms with E-state index in [0.717, 1.165) is 5.69 Å². The molecule has 0 unspecified atom stereocenters. The molecule has 4 heteroatoms. The number of carbonyl (C=O) groups is 1. The predicted molar refractivity (Wildman–Crippen MR) is 67.7 cm³/mol. The molecule has 0 N–H and O–H groups in total. The van der Waals surface area contributed by atoms with E-state index in [1.165, 1.54) is 38.5 Å². The van der Waals surface area contributed by atoms with E-state index in [0.29, 0.717) is 24.1 Å². The van der Waals surface area contributed by atoms with Gasteiger partial charge in [0.15, 0.2) is 0 Å². The second kappa shape index (κ2) is 4.75. The highest BCUT2D eigenvalue weighted by Crippen LogP contribution is 2.44. The molecule has 2 aliphatic carbocycles. The van der Waals surface area contributed by atoms with Gasteiger partial charge in [0, 0.05) is 5.92 Å². The van der Waals surface area contributed by atoms with E-state index in [1.54, 1.807) is 6.20 Å². The normalized spacial score (nSPS) is 20.3. The van der Waals surface area contributed by atoms with Crippen molar-refractivity contribution in [3.8, 4) is 0 Å². The lowest BCUT2D eigenvalue weighted by Gasteiger charge is -2.14. The monoisotopic (exact) mass is 248 g/mol. The first-order valence-electron chi connectivity index (χ1n) is 7.05. The van der Waals surface area contributed by atoms with Crippen molar-refractivity contribution in [1.29, 1.82) is 0 Å². The van der Waals surface area contributed by atoms with Crippen molar-refractivity contribution in [2.75, 3.05) is 6.61 Å². The maximum atomic E-state index is 12.0. The zero-order chi connectivity index (χ0) is 12.5. The molecule has 2 fully saturated rings. The molecule has 2 saturated carbocycles. The smallest absolute Gasteiger partial charge is 0.341 e. The van der Waals surface area contributed by atoms with Gasteiger partial charge in [-0.2, -0.15) is 5.10 Å². The summed E-state index contributed by atoms with van der Waals surface area (Å²) in [6, 6.07) is 0.503. The van der Waals surface area contributed by atoms with E-state index in [4.69, 9.17) is 4.74 Å². The predicted octanol–water partition coefficient (Wildman–Crippen LogP) is 3.05. The van der Waals surface area contributed by atoms with Crippen LogP contribution < -0.4 is 0 Å². The number of ether oxygens (including phenoxy) is 1. The minimum atomic E-state index is -0.205. The van der Waals surface area contributed by atoms with Crippen molar-refractivity contribution >= 4 is 5.97 Å². The summed E-state index contributed by atoms with van der Waals surface area (Å²) >= 11 is 0. The lowest BCUT2D eigenvalue weighted by atomic mass is 10.1. The fourth-order valence-corrected chi connectivity index (χ4v) is 2.94. The maximum Gasteiger partial charge on any atom is 0.341 e. The van der Waals surface area contributed by atoms with Gasteiger partial charge < -0.3 is 4.74 Å². The van der Waals surface area contributed by atoms with Crippen LogP contribution >= 0.6 is 0 Å². The highest BCUT2D eigenvalue weighted by Gasteiger charge is 2.35. The second-order valence-electron chi connectivity index (χ2n) is 5.32. The third-order valence-electron chi connectivity index (χ3n) is 3.96. The van der Waals surface area contributed by atoms with Crippen LogP contribution in [-0.2, 0) is 4.74 Å². The molecular weight excluding hydrogens is 228 g/mol. The largest absolute Gasteiger partial charge is 0.462 e. The highest BCUT2D eigenvalue weighted by atomic mass is 16.5. The van der Waals surface area contributed by atoms with E-state index < -0.39 is 0 Å². The fourth-order valence-electron chi connectivity index (χ4n) is 2.94. The first kappa shape index (κ1) is 11.8. The molecule has 2 aliphatic rings. The summed E-state index contributed by atoms with van der Waals surface area (Å²) in [6.45, 7) is 2.27. The van der Waals surface area contributed by atoms with Crippen molar-refractivity contribution in [1.82, 2.24) is 9.78 Å². The lowest BCUT2D eigenvalue weighted by molar-refractivity contribution is 0.0524. The number of carbonyl (C=O) groups excluding carboxylic acids is 1.